The molecule has 0 N–H and O–H groups in total. The Kier molecular flexibility index (Phi) is 5.23. The second-order valence-corrected chi connectivity index (χ2v) is 5.82. The van der Waals surface area contributed by atoms with Crippen molar-refractivity contribution in [3.8, 4) is 11.8 Å². The number of rotatable bonds is 3. The summed E-state index contributed by atoms with van der Waals surface area (Å²) in [6.45, 7) is 8.63. The first-order valence-electron chi connectivity index (χ1n) is 7.79. The fourth-order valence-corrected chi connectivity index (χ4v) is 2.65. The summed E-state index contributed by atoms with van der Waals surface area (Å²) in [6.07, 6.45) is 3.67. The van der Waals surface area contributed by atoms with Crippen LogP contribution < -0.4 is 0 Å². The molecule has 0 amide bonds. The summed E-state index contributed by atoms with van der Waals surface area (Å²) in [5.41, 5.74) is 7.49. The van der Waals surface area contributed by atoms with Crippen molar-refractivity contribution in [2.75, 3.05) is 0 Å². The molecule has 0 heterocycles. The van der Waals surface area contributed by atoms with E-state index in [1.54, 1.807) is 0 Å². The Morgan fingerprint density at radius 3 is 2.05 bits per heavy atom. The molecule has 0 bridgehead atoms. The maximum absolute atomic E-state index is 3.34. The Balaban J connectivity index is 2.19. The van der Waals surface area contributed by atoms with Gasteiger partial charge in [-0.2, -0.15) is 0 Å². The van der Waals surface area contributed by atoms with E-state index in [-0.39, 0.29) is 0 Å². The molecule has 108 valence electrons. The van der Waals surface area contributed by atoms with Crippen molar-refractivity contribution in [2.45, 2.75) is 47.0 Å². The lowest BCUT2D eigenvalue weighted by molar-refractivity contribution is 0.795. The topological polar surface area (TPSA) is 0 Å². The highest BCUT2D eigenvalue weighted by Crippen LogP contribution is 2.15. The highest BCUT2D eigenvalue weighted by atomic mass is 14.0. The van der Waals surface area contributed by atoms with Gasteiger partial charge in [0.15, 0.2) is 0 Å². The van der Waals surface area contributed by atoms with Crippen LogP contribution in [-0.2, 0) is 6.42 Å². The molecule has 2 aromatic carbocycles. The third-order valence-electron chi connectivity index (χ3n) is 3.78. The minimum Gasteiger partial charge on any atom is -0.0654 e. The van der Waals surface area contributed by atoms with Crippen molar-refractivity contribution in [3.63, 3.8) is 0 Å². The zero-order valence-electron chi connectivity index (χ0n) is 13.6. The molecule has 0 saturated carbocycles. The van der Waals surface area contributed by atoms with E-state index in [1.807, 2.05) is 0 Å². The first-order chi connectivity index (χ1) is 10.1. The molecule has 0 atom stereocenters. The fraction of sp³-hybridized carbons (Fsp3) is 0.333. The highest BCUT2D eigenvalue weighted by molar-refractivity contribution is 5.51. The Morgan fingerprint density at radius 1 is 0.857 bits per heavy atom. The largest absolute Gasteiger partial charge is 0.0654 e. The summed E-state index contributed by atoms with van der Waals surface area (Å²) in [6, 6.07) is 13.1. The summed E-state index contributed by atoms with van der Waals surface area (Å²) in [7, 11) is 0. The van der Waals surface area contributed by atoms with Crippen LogP contribution in [0.25, 0.3) is 0 Å². The molecule has 0 aliphatic carbocycles. The highest BCUT2D eigenvalue weighted by Gasteiger charge is 2.00. The van der Waals surface area contributed by atoms with Crippen LogP contribution in [0.1, 0.15) is 53.1 Å². The molecule has 0 nitrogen and oxygen atoms in total. The van der Waals surface area contributed by atoms with Gasteiger partial charge in [-0.1, -0.05) is 55.0 Å². The molecule has 0 fully saturated rings. The molecule has 0 unspecified atom stereocenters. The Morgan fingerprint density at radius 2 is 1.48 bits per heavy atom. The van der Waals surface area contributed by atoms with Crippen molar-refractivity contribution in [1.82, 2.24) is 0 Å². The maximum Gasteiger partial charge on any atom is 0.0307 e. The standard InChI is InChI=1S/C21H24/c1-5-6-7-19-8-10-20(11-9-19)12-13-21-17(3)14-16(2)15-18(21)4/h8-11,14-15H,5-7H2,1-4H3. The zero-order valence-corrected chi connectivity index (χ0v) is 13.6. The van der Waals surface area contributed by atoms with Gasteiger partial charge in [-0.05, 0) is 62.4 Å². The van der Waals surface area contributed by atoms with Gasteiger partial charge in [-0.15, -0.1) is 0 Å². The predicted octanol–water partition coefficient (Wildman–Crippen LogP) is 5.35. The summed E-state index contributed by atoms with van der Waals surface area (Å²) in [5, 5.41) is 0. The van der Waals surface area contributed by atoms with E-state index >= 15 is 0 Å². The van der Waals surface area contributed by atoms with Crippen LogP contribution in [0.5, 0.6) is 0 Å². The molecule has 0 radical (unpaired) electrons. The minimum absolute atomic E-state index is 1.09. The molecular weight excluding hydrogens is 252 g/mol. The van der Waals surface area contributed by atoms with E-state index < -0.39 is 0 Å². The number of unbranched alkanes of at least 4 members (excludes halogenated alkanes) is 1. The van der Waals surface area contributed by atoms with Crippen molar-refractivity contribution in [2.24, 2.45) is 0 Å². The maximum atomic E-state index is 3.34. The molecule has 0 aliphatic heterocycles. The van der Waals surface area contributed by atoms with Crippen molar-refractivity contribution >= 4 is 0 Å². The first kappa shape index (κ1) is 15.4. The van der Waals surface area contributed by atoms with E-state index in [4.69, 9.17) is 0 Å². The number of benzene rings is 2. The van der Waals surface area contributed by atoms with Gasteiger partial charge in [0.1, 0.15) is 0 Å². The number of hydrogen-bond acceptors (Lipinski definition) is 0. The van der Waals surface area contributed by atoms with E-state index in [9.17, 15) is 0 Å². The Bertz CT molecular complexity index is 640. The third kappa shape index (κ3) is 4.23. The average molecular weight is 276 g/mol. The molecule has 0 heteroatoms. The second kappa shape index (κ2) is 7.14. The van der Waals surface area contributed by atoms with Gasteiger partial charge in [0.2, 0.25) is 0 Å². The lowest BCUT2D eigenvalue weighted by Crippen LogP contribution is -1.90. The van der Waals surface area contributed by atoms with Crippen molar-refractivity contribution in [1.29, 1.82) is 0 Å². The predicted molar refractivity (Wildman–Crippen MR) is 91.7 cm³/mol. The molecule has 21 heavy (non-hydrogen) atoms. The van der Waals surface area contributed by atoms with E-state index in [1.165, 1.54) is 41.5 Å². The zero-order chi connectivity index (χ0) is 15.2. The van der Waals surface area contributed by atoms with Crippen LogP contribution in [0.15, 0.2) is 36.4 Å². The van der Waals surface area contributed by atoms with Crippen molar-refractivity contribution in [3.05, 3.63) is 69.8 Å². The van der Waals surface area contributed by atoms with Crippen molar-refractivity contribution < 1.29 is 0 Å². The van der Waals surface area contributed by atoms with Crippen LogP contribution >= 0.6 is 0 Å². The van der Waals surface area contributed by atoms with Crippen LogP contribution in [0.2, 0.25) is 0 Å². The van der Waals surface area contributed by atoms with Crippen LogP contribution in [0.4, 0.5) is 0 Å². The summed E-state index contributed by atoms with van der Waals surface area (Å²) < 4.78 is 0. The van der Waals surface area contributed by atoms with E-state index in [2.05, 4.69) is 75.9 Å². The molecular formula is C21H24. The van der Waals surface area contributed by atoms with Gasteiger partial charge in [0.05, 0.1) is 0 Å². The Labute approximate surface area is 129 Å². The summed E-state index contributed by atoms with van der Waals surface area (Å²) in [5.74, 6) is 6.63. The lowest BCUT2D eigenvalue weighted by Gasteiger charge is -2.04. The Hall–Kier alpha value is -2.00. The second-order valence-electron chi connectivity index (χ2n) is 5.82. The first-order valence-corrected chi connectivity index (χ1v) is 7.79. The molecule has 0 aliphatic rings. The van der Waals surface area contributed by atoms with Gasteiger partial charge in [-0.3, -0.25) is 0 Å². The summed E-state index contributed by atoms with van der Waals surface area (Å²) in [4.78, 5) is 0. The van der Waals surface area contributed by atoms with Gasteiger partial charge >= 0.3 is 0 Å². The lowest BCUT2D eigenvalue weighted by atomic mass is 10.00. The van der Waals surface area contributed by atoms with Gasteiger partial charge < -0.3 is 0 Å². The quantitative estimate of drug-likeness (QED) is 0.662. The van der Waals surface area contributed by atoms with Gasteiger partial charge in [0, 0.05) is 11.1 Å². The van der Waals surface area contributed by atoms with E-state index in [0.717, 1.165) is 11.1 Å². The van der Waals surface area contributed by atoms with Gasteiger partial charge in [0.25, 0.3) is 0 Å². The molecule has 2 rings (SSSR count). The fourth-order valence-electron chi connectivity index (χ4n) is 2.65. The number of aryl methyl sites for hydroxylation is 4. The smallest absolute Gasteiger partial charge is 0.0307 e. The SMILES string of the molecule is CCCCc1ccc(C#Cc2c(C)cc(C)cc2C)cc1. The van der Waals surface area contributed by atoms with Crippen LogP contribution in [0.3, 0.4) is 0 Å². The monoisotopic (exact) mass is 276 g/mol. The molecule has 2 aromatic rings. The third-order valence-corrected chi connectivity index (χ3v) is 3.78. The molecule has 0 aromatic heterocycles. The van der Waals surface area contributed by atoms with Crippen LogP contribution in [0, 0.1) is 32.6 Å². The molecule has 0 saturated heterocycles. The number of hydrogen-bond donors (Lipinski definition) is 0. The minimum atomic E-state index is 1.09. The van der Waals surface area contributed by atoms with Gasteiger partial charge in [-0.25, -0.2) is 0 Å². The normalized spacial score (nSPS) is 10.1. The average Bonchev–Trinajstić information content (AvgIpc) is 2.45. The summed E-state index contributed by atoms with van der Waals surface area (Å²) >= 11 is 0. The molecule has 0 spiro atoms. The van der Waals surface area contributed by atoms with E-state index in [0.29, 0.717) is 0 Å². The van der Waals surface area contributed by atoms with Crippen LogP contribution in [-0.4, -0.2) is 0 Å².